The molecule has 0 spiro atoms. The smallest absolute Gasteiger partial charge is 0.251 e. The number of aromatic nitrogens is 1. The number of nitrogens with one attached hydrogen (secondary N) is 1. The highest BCUT2D eigenvalue weighted by Crippen LogP contribution is 2.19. The molecule has 1 unspecified atom stereocenters. The molecule has 1 heterocycles. The van der Waals surface area contributed by atoms with E-state index in [4.69, 9.17) is 5.73 Å². The van der Waals surface area contributed by atoms with Crippen molar-refractivity contribution in [2.24, 2.45) is 16.6 Å². The van der Waals surface area contributed by atoms with E-state index >= 15 is 0 Å². The first-order chi connectivity index (χ1) is 11.2. The van der Waals surface area contributed by atoms with Gasteiger partial charge in [0.1, 0.15) is 0 Å². The number of rotatable bonds is 5. The average molecular weight is 312 g/mol. The summed E-state index contributed by atoms with van der Waals surface area (Å²) in [4.78, 5) is 20.9. The zero-order valence-corrected chi connectivity index (χ0v) is 13.5. The van der Waals surface area contributed by atoms with Crippen LogP contribution in [0.1, 0.15) is 26.2 Å². The molecule has 0 bridgehead atoms. The number of pyridine rings is 1. The van der Waals surface area contributed by atoms with Crippen LogP contribution in [0.15, 0.2) is 53.3 Å². The predicted molar refractivity (Wildman–Crippen MR) is 94.5 cm³/mol. The van der Waals surface area contributed by atoms with Crippen LogP contribution in [0.25, 0.3) is 0 Å². The molecule has 1 aliphatic rings. The van der Waals surface area contributed by atoms with Crippen molar-refractivity contribution >= 4 is 17.3 Å². The monoisotopic (exact) mass is 312 g/mol. The maximum absolute atomic E-state index is 12.4. The first-order valence-corrected chi connectivity index (χ1v) is 8.03. The topological polar surface area (TPSA) is 80.4 Å². The lowest BCUT2D eigenvalue weighted by Gasteiger charge is -2.16. The Morgan fingerprint density at radius 3 is 2.96 bits per heavy atom. The first-order valence-electron chi connectivity index (χ1n) is 8.03. The van der Waals surface area contributed by atoms with Crippen molar-refractivity contribution < 1.29 is 4.79 Å². The fourth-order valence-electron chi connectivity index (χ4n) is 2.37. The summed E-state index contributed by atoms with van der Waals surface area (Å²) in [5.41, 5.74) is 8.13. The molecule has 2 rings (SSSR count). The number of hydrogen-bond donors (Lipinski definition) is 2. The zero-order valence-electron chi connectivity index (χ0n) is 13.5. The van der Waals surface area contributed by atoms with Gasteiger partial charge in [-0.05, 0) is 49.9 Å². The molecule has 23 heavy (non-hydrogen) atoms. The molecule has 3 N–H and O–H groups in total. The molecule has 0 aromatic carbocycles. The van der Waals surface area contributed by atoms with E-state index in [0.29, 0.717) is 12.5 Å². The van der Waals surface area contributed by atoms with Crippen molar-refractivity contribution in [3.63, 3.8) is 0 Å². The van der Waals surface area contributed by atoms with Crippen LogP contribution >= 0.6 is 0 Å². The van der Waals surface area contributed by atoms with Crippen LogP contribution in [-0.2, 0) is 4.79 Å². The molecule has 0 fully saturated rings. The molecule has 5 heteroatoms. The van der Waals surface area contributed by atoms with E-state index in [9.17, 15) is 4.79 Å². The Kier molecular flexibility index (Phi) is 6.69. The Balaban J connectivity index is 2.04. The highest BCUT2D eigenvalue weighted by Gasteiger charge is 2.15. The Hall–Kier alpha value is -2.27. The summed E-state index contributed by atoms with van der Waals surface area (Å²) >= 11 is 0. The molecule has 0 saturated heterocycles. The minimum Gasteiger partial charge on any atom is -0.330 e. The van der Waals surface area contributed by atoms with Crippen molar-refractivity contribution in [2.75, 3.05) is 18.4 Å². The quantitative estimate of drug-likeness (QED) is 0.820. The van der Waals surface area contributed by atoms with Crippen LogP contribution in [0.5, 0.6) is 0 Å². The summed E-state index contributed by atoms with van der Waals surface area (Å²) in [6.45, 7) is 3.57. The number of allylic oxidation sites excluding steroid dienone is 3. The molecule has 1 aliphatic carbocycles. The van der Waals surface area contributed by atoms with Gasteiger partial charge in [-0.1, -0.05) is 19.1 Å². The molecular weight excluding hydrogens is 288 g/mol. The maximum Gasteiger partial charge on any atom is 0.251 e. The SMILES string of the molecule is CC1CC/C(C(=O)Nc2ccncc2)=C\C=C/C1=NCCCN. The van der Waals surface area contributed by atoms with Gasteiger partial charge < -0.3 is 11.1 Å². The molecule has 5 nitrogen and oxygen atoms in total. The number of nitrogens with zero attached hydrogens (tertiary/aromatic N) is 2. The van der Waals surface area contributed by atoms with Gasteiger partial charge in [0, 0.05) is 35.9 Å². The van der Waals surface area contributed by atoms with E-state index in [1.165, 1.54) is 0 Å². The van der Waals surface area contributed by atoms with Crippen LogP contribution < -0.4 is 11.1 Å². The van der Waals surface area contributed by atoms with E-state index in [0.717, 1.165) is 42.8 Å². The molecule has 0 aliphatic heterocycles. The second-order valence-electron chi connectivity index (χ2n) is 5.63. The summed E-state index contributed by atoms with van der Waals surface area (Å²) < 4.78 is 0. The van der Waals surface area contributed by atoms with Crippen molar-refractivity contribution in [1.29, 1.82) is 0 Å². The van der Waals surface area contributed by atoms with Crippen molar-refractivity contribution in [3.8, 4) is 0 Å². The third-order valence-electron chi connectivity index (χ3n) is 3.80. The predicted octanol–water partition coefficient (Wildman–Crippen LogP) is 2.72. The lowest BCUT2D eigenvalue weighted by molar-refractivity contribution is -0.113. The summed E-state index contributed by atoms with van der Waals surface area (Å²) in [7, 11) is 0. The van der Waals surface area contributed by atoms with Crippen molar-refractivity contribution in [2.45, 2.75) is 26.2 Å². The van der Waals surface area contributed by atoms with E-state index in [-0.39, 0.29) is 5.91 Å². The largest absolute Gasteiger partial charge is 0.330 e. The molecule has 1 atom stereocenters. The molecule has 1 amide bonds. The molecule has 1 aromatic rings. The molecule has 0 radical (unpaired) electrons. The minimum atomic E-state index is -0.0587. The summed E-state index contributed by atoms with van der Waals surface area (Å²) in [6.07, 6.45) is 11.7. The number of hydrogen-bond acceptors (Lipinski definition) is 4. The Bertz CT molecular complexity index is 605. The van der Waals surface area contributed by atoms with E-state index in [2.05, 4.69) is 22.2 Å². The zero-order chi connectivity index (χ0) is 16.5. The van der Waals surface area contributed by atoms with Gasteiger partial charge in [0.25, 0.3) is 5.91 Å². The van der Waals surface area contributed by atoms with Gasteiger partial charge in [0.2, 0.25) is 0 Å². The second-order valence-corrected chi connectivity index (χ2v) is 5.63. The van der Waals surface area contributed by atoms with Gasteiger partial charge in [-0.2, -0.15) is 0 Å². The van der Waals surface area contributed by atoms with Gasteiger partial charge in [-0.25, -0.2) is 0 Å². The number of amides is 1. The summed E-state index contributed by atoms with van der Waals surface area (Å²) in [5, 5.41) is 2.90. The Morgan fingerprint density at radius 1 is 1.43 bits per heavy atom. The van der Waals surface area contributed by atoms with Gasteiger partial charge >= 0.3 is 0 Å². The van der Waals surface area contributed by atoms with Crippen LogP contribution in [0.2, 0.25) is 0 Å². The fraction of sp³-hybridized carbons (Fsp3) is 0.389. The van der Waals surface area contributed by atoms with Crippen LogP contribution in [0, 0.1) is 5.92 Å². The first kappa shape index (κ1) is 17.1. The van der Waals surface area contributed by atoms with E-state index in [1.807, 2.05) is 18.2 Å². The Morgan fingerprint density at radius 2 is 2.22 bits per heavy atom. The number of anilines is 1. The second kappa shape index (κ2) is 9.00. The third-order valence-corrected chi connectivity index (χ3v) is 3.80. The van der Waals surface area contributed by atoms with Gasteiger partial charge in [-0.3, -0.25) is 14.8 Å². The number of carbonyl (C=O) groups excluding carboxylic acids is 1. The lowest BCUT2D eigenvalue weighted by Crippen LogP contribution is -2.18. The van der Waals surface area contributed by atoms with Crippen LogP contribution in [0.3, 0.4) is 0 Å². The van der Waals surface area contributed by atoms with Crippen molar-refractivity contribution in [3.05, 3.63) is 48.3 Å². The minimum absolute atomic E-state index is 0.0587. The number of carbonyl (C=O) groups is 1. The lowest BCUT2D eigenvalue weighted by atomic mass is 9.93. The Labute approximate surface area is 137 Å². The normalized spacial score (nSPS) is 23.5. The van der Waals surface area contributed by atoms with Crippen LogP contribution in [0.4, 0.5) is 5.69 Å². The molecular formula is C18H24N4O. The summed E-state index contributed by atoms with van der Waals surface area (Å²) in [6, 6.07) is 3.56. The highest BCUT2D eigenvalue weighted by atomic mass is 16.1. The van der Waals surface area contributed by atoms with E-state index < -0.39 is 0 Å². The van der Waals surface area contributed by atoms with Gasteiger partial charge in [0.05, 0.1) is 0 Å². The maximum atomic E-state index is 12.4. The standard InChI is InChI=1S/C18H24N4O/c1-14-6-7-15(4-2-5-17(14)21-11-3-10-19)18(23)22-16-8-12-20-13-9-16/h2,4-5,8-9,12-14H,3,6-7,10-11,19H2,1H3,(H,20,22,23)/b5-2-,15-4+,21-17?. The van der Waals surface area contributed by atoms with Crippen molar-refractivity contribution in [1.82, 2.24) is 4.98 Å². The fourth-order valence-corrected chi connectivity index (χ4v) is 2.37. The summed E-state index contributed by atoms with van der Waals surface area (Å²) in [5.74, 6) is 0.276. The molecule has 1 aromatic heterocycles. The average Bonchev–Trinajstić information content (AvgIpc) is 2.55. The number of nitrogens with two attached hydrogens (primary N) is 1. The molecule has 0 saturated carbocycles. The van der Waals surface area contributed by atoms with E-state index in [1.54, 1.807) is 24.5 Å². The molecule has 122 valence electrons. The van der Waals surface area contributed by atoms with Gasteiger partial charge in [0.15, 0.2) is 0 Å². The van der Waals surface area contributed by atoms with Gasteiger partial charge in [-0.15, -0.1) is 0 Å². The third kappa shape index (κ3) is 5.45. The number of aliphatic imine (C=N–C) groups is 1. The highest BCUT2D eigenvalue weighted by molar-refractivity contribution is 6.04. The van der Waals surface area contributed by atoms with Crippen LogP contribution in [-0.4, -0.2) is 29.7 Å².